The van der Waals surface area contributed by atoms with Crippen molar-refractivity contribution in [1.29, 1.82) is 0 Å². The molecule has 1 saturated carbocycles. The maximum Gasteiger partial charge on any atom is 0.247 e. The molecule has 150 valence electrons. The maximum absolute atomic E-state index is 11.3. The van der Waals surface area contributed by atoms with Crippen LogP contribution in [0.2, 0.25) is 0 Å². The van der Waals surface area contributed by atoms with Crippen LogP contribution in [0.4, 0.5) is 0 Å². The number of halogens is 1. The van der Waals surface area contributed by atoms with Crippen molar-refractivity contribution in [3.63, 3.8) is 0 Å². The molecule has 2 unspecified atom stereocenters. The van der Waals surface area contributed by atoms with Crippen molar-refractivity contribution in [2.45, 2.75) is 56.7 Å². The zero-order valence-electron chi connectivity index (χ0n) is 15.5. The summed E-state index contributed by atoms with van der Waals surface area (Å²) in [7, 11) is -3.62. The van der Waals surface area contributed by atoms with Crippen molar-refractivity contribution in [2.75, 3.05) is 13.1 Å². The lowest BCUT2D eigenvalue weighted by atomic mass is 9.81. The van der Waals surface area contributed by atoms with E-state index in [0.29, 0.717) is 6.54 Å². The number of thiophene rings is 1. The van der Waals surface area contributed by atoms with Gasteiger partial charge in [0.1, 0.15) is 4.21 Å². The molecule has 1 aliphatic rings. The molecular formula is C17H31IN4O2S2. The summed E-state index contributed by atoms with van der Waals surface area (Å²) in [4.78, 5) is 5.42. The molecule has 1 heterocycles. The monoisotopic (exact) mass is 514 g/mol. The molecule has 9 heteroatoms. The Hall–Kier alpha value is -0.390. The van der Waals surface area contributed by atoms with Gasteiger partial charge in [-0.05, 0) is 43.7 Å². The number of hydrogen-bond acceptors (Lipinski definition) is 4. The molecule has 0 aliphatic heterocycles. The standard InChI is InChI=1S/C17H30N4O2S2.HI/c1-3-19-17(20-10-9-14-6-4-5-13(2)11-14)21-12-15-7-8-16(24-15)25(18,22)23;/h7-8,13-14H,3-6,9-12H2,1-2H3,(H2,18,22,23)(H2,19,20,21);1H. The van der Waals surface area contributed by atoms with E-state index < -0.39 is 10.0 Å². The number of primary sulfonamides is 1. The van der Waals surface area contributed by atoms with E-state index in [1.807, 2.05) is 6.92 Å². The number of guanidine groups is 1. The van der Waals surface area contributed by atoms with Crippen molar-refractivity contribution >= 4 is 51.3 Å². The number of hydrogen-bond donors (Lipinski definition) is 3. The fraction of sp³-hybridized carbons (Fsp3) is 0.706. The first-order valence-electron chi connectivity index (χ1n) is 9.02. The lowest BCUT2D eigenvalue weighted by Crippen LogP contribution is -2.38. The van der Waals surface area contributed by atoms with E-state index in [0.717, 1.165) is 35.8 Å². The van der Waals surface area contributed by atoms with Gasteiger partial charge in [0.25, 0.3) is 0 Å². The normalized spacial score (nSPS) is 21.1. The number of nitrogens with one attached hydrogen (secondary N) is 2. The van der Waals surface area contributed by atoms with Gasteiger partial charge in [0.15, 0.2) is 5.96 Å². The molecule has 1 aliphatic carbocycles. The molecule has 4 N–H and O–H groups in total. The molecule has 0 bridgehead atoms. The zero-order chi connectivity index (χ0) is 18.3. The van der Waals surface area contributed by atoms with Gasteiger partial charge in [-0.15, -0.1) is 35.3 Å². The van der Waals surface area contributed by atoms with E-state index in [1.54, 1.807) is 6.07 Å². The topological polar surface area (TPSA) is 96.6 Å². The van der Waals surface area contributed by atoms with Crippen LogP contribution in [0.3, 0.4) is 0 Å². The van der Waals surface area contributed by atoms with E-state index >= 15 is 0 Å². The van der Waals surface area contributed by atoms with E-state index in [-0.39, 0.29) is 28.2 Å². The van der Waals surface area contributed by atoms with Crippen molar-refractivity contribution in [2.24, 2.45) is 22.0 Å². The van der Waals surface area contributed by atoms with Crippen LogP contribution in [0.5, 0.6) is 0 Å². The van der Waals surface area contributed by atoms with Crippen LogP contribution >= 0.6 is 35.3 Å². The van der Waals surface area contributed by atoms with Gasteiger partial charge >= 0.3 is 0 Å². The Labute approximate surface area is 178 Å². The Kier molecular flexibility index (Phi) is 10.4. The Bertz CT molecular complexity index is 676. The summed E-state index contributed by atoms with van der Waals surface area (Å²) in [5.74, 6) is 2.44. The van der Waals surface area contributed by atoms with Crippen LogP contribution in [-0.2, 0) is 16.6 Å². The molecule has 1 aromatic rings. The second-order valence-corrected chi connectivity index (χ2v) is 9.77. The number of nitrogens with zero attached hydrogens (tertiary/aromatic N) is 1. The van der Waals surface area contributed by atoms with E-state index in [9.17, 15) is 8.42 Å². The third-order valence-electron chi connectivity index (χ3n) is 4.54. The third kappa shape index (κ3) is 8.10. The molecule has 2 atom stereocenters. The van der Waals surface area contributed by atoms with Gasteiger partial charge in [-0.2, -0.15) is 0 Å². The second kappa shape index (κ2) is 11.5. The average Bonchev–Trinajstić information content (AvgIpc) is 3.02. The SMILES string of the molecule is CCNC(=NCc1ccc(S(N)(=O)=O)s1)NCCC1CCCC(C)C1.I. The highest BCUT2D eigenvalue weighted by molar-refractivity contribution is 14.0. The minimum absolute atomic E-state index is 0. The molecule has 1 fully saturated rings. The van der Waals surface area contributed by atoms with Gasteiger partial charge in [0.2, 0.25) is 10.0 Å². The average molecular weight is 514 g/mol. The lowest BCUT2D eigenvalue weighted by Gasteiger charge is -2.26. The summed E-state index contributed by atoms with van der Waals surface area (Å²) in [6.07, 6.45) is 6.57. The zero-order valence-corrected chi connectivity index (χ0v) is 19.5. The number of nitrogens with two attached hydrogens (primary N) is 1. The van der Waals surface area contributed by atoms with E-state index in [4.69, 9.17) is 5.14 Å². The highest BCUT2D eigenvalue weighted by Gasteiger charge is 2.18. The number of aliphatic imine (C=N–C) groups is 1. The minimum atomic E-state index is -3.62. The molecule has 0 saturated heterocycles. The predicted molar refractivity (Wildman–Crippen MR) is 120 cm³/mol. The Balaban J connectivity index is 0.00000338. The number of rotatable bonds is 7. The predicted octanol–water partition coefficient (Wildman–Crippen LogP) is 3.29. The van der Waals surface area contributed by atoms with Crippen molar-refractivity contribution in [3.8, 4) is 0 Å². The summed E-state index contributed by atoms with van der Waals surface area (Å²) in [5, 5.41) is 11.8. The Morgan fingerprint density at radius 1 is 1.35 bits per heavy atom. The molecule has 1 aromatic heterocycles. The van der Waals surface area contributed by atoms with Crippen LogP contribution in [0.25, 0.3) is 0 Å². The molecule has 0 radical (unpaired) electrons. The van der Waals surface area contributed by atoms with Crippen LogP contribution < -0.4 is 15.8 Å². The Morgan fingerprint density at radius 2 is 2.12 bits per heavy atom. The molecule has 0 spiro atoms. The molecule has 6 nitrogen and oxygen atoms in total. The first-order chi connectivity index (χ1) is 11.9. The Morgan fingerprint density at radius 3 is 2.73 bits per heavy atom. The summed E-state index contributed by atoms with van der Waals surface area (Å²) in [6, 6.07) is 3.30. The van der Waals surface area contributed by atoms with Gasteiger partial charge < -0.3 is 10.6 Å². The van der Waals surface area contributed by atoms with Gasteiger partial charge in [-0.1, -0.05) is 26.2 Å². The van der Waals surface area contributed by atoms with Gasteiger partial charge in [-0.3, -0.25) is 0 Å². The maximum atomic E-state index is 11.3. The second-order valence-electron chi connectivity index (χ2n) is 6.81. The number of sulfonamides is 1. The van der Waals surface area contributed by atoms with Gasteiger partial charge in [0.05, 0.1) is 6.54 Å². The fourth-order valence-electron chi connectivity index (χ4n) is 3.31. The molecule has 2 rings (SSSR count). The minimum Gasteiger partial charge on any atom is -0.357 e. The molecule has 0 amide bonds. The smallest absolute Gasteiger partial charge is 0.247 e. The molecule has 0 aromatic carbocycles. The highest BCUT2D eigenvalue weighted by atomic mass is 127. The summed E-state index contributed by atoms with van der Waals surface area (Å²) in [5.41, 5.74) is 0. The fourth-order valence-corrected chi connectivity index (χ4v) is 5.01. The quantitative estimate of drug-likeness (QED) is 0.296. The molecular weight excluding hydrogens is 483 g/mol. The summed E-state index contributed by atoms with van der Waals surface area (Å²) >= 11 is 1.17. The summed E-state index contributed by atoms with van der Waals surface area (Å²) < 4.78 is 22.8. The van der Waals surface area contributed by atoms with E-state index in [1.165, 1.54) is 49.5 Å². The van der Waals surface area contributed by atoms with Crippen LogP contribution in [-0.4, -0.2) is 27.5 Å². The van der Waals surface area contributed by atoms with E-state index in [2.05, 4.69) is 22.5 Å². The van der Waals surface area contributed by atoms with Gasteiger partial charge in [-0.25, -0.2) is 18.5 Å². The van der Waals surface area contributed by atoms with Crippen molar-refractivity contribution in [3.05, 3.63) is 17.0 Å². The van der Waals surface area contributed by atoms with Crippen molar-refractivity contribution < 1.29 is 8.42 Å². The van der Waals surface area contributed by atoms with Gasteiger partial charge in [0, 0.05) is 18.0 Å². The van der Waals surface area contributed by atoms with Crippen LogP contribution in [0.15, 0.2) is 21.3 Å². The summed E-state index contributed by atoms with van der Waals surface area (Å²) in [6.45, 7) is 6.53. The first kappa shape index (κ1) is 23.6. The largest absolute Gasteiger partial charge is 0.357 e. The lowest BCUT2D eigenvalue weighted by molar-refractivity contribution is 0.270. The third-order valence-corrected chi connectivity index (χ3v) is 7.05. The first-order valence-corrected chi connectivity index (χ1v) is 11.4. The van der Waals surface area contributed by atoms with Crippen LogP contribution in [0, 0.1) is 11.8 Å². The van der Waals surface area contributed by atoms with Crippen molar-refractivity contribution in [1.82, 2.24) is 10.6 Å². The van der Waals surface area contributed by atoms with Crippen LogP contribution in [0.1, 0.15) is 50.8 Å². The highest BCUT2D eigenvalue weighted by Crippen LogP contribution is 2.30. The molecule has 26 heavy (non-hydrogen) atoms.